The van der Waals surface area contributed by atoms with Crippen LogP contribution < -0.4 is 10.6 Å². The number of fused-ring (bicyclic) bond motifs is 1. The Morgan fingerprint density at radius 1 is 1.26 bits per heavy atom. The molecule has 0 aliphatic heterocycles. The minimum Gasteiger partial charge on any atom is -0.380 e. The maximum absolute atomic E-state index is 5.33. The third-order valence-electron chi connectivity index (χ3n) is 2.59. The Kier molecular flexibility index (Phi) is 4.93. The smallest absolute Gasteiger partial charge is 0.226 e. The minimum atomic E-state index is 0.677. The first-order valence-corrected chi connectivity index (χ1v) is 7.40. The molecule has 0 aliphatic rings. The summed E-state index contributed by atoms with van der Waals surface area (Å²) in [6.07, 6.45) is 0. The van der Waals surface area contributed by atoms with Crippen LogP contribution in [-0.4, -0.2) is 36.3 Å². The SMILES string of the molecule is CCNc1nc(NCCOCC)c2cc(C)sc2n1. The van der Waals surface area contributed by atoms with Crippen LogP contribution in [-0.2, 0) is 4.74 Å². The van der Waals surface area contributed by atoms with Crippen molar-refractivity contribution >= 4 is 33.3 Å². The zero-order valence-corrected chi connectivity index (χ0v) is 12.4. The summed E-state index contributed by atoms with van der Waals surface area (Å²) in [6, 6.07) is 2.12. The predicted octanol–water partition coefficient (Wildman–Crippen LogP) is 2.88. The molecule has 0 bridgehead atoms. The highest BCUT2D eigenvalue weighted by molar-refractivity contribution is 7.18. The van der Waals surface area contributed by atoms with Crippen LogP contribution in [0.5, 0.6) is 0 Å². The van der Waals surface area contributed by atoms with E-state index >= 15 is 0 Å². The Bertz CT molecular complexity index is 541. The lowest BCUT2D eigenvalue weighted by molar-refractivity contribution is 0.158. The number of anilines is 2. The van der Waals surface area contributed by atoms with Crippen molar-refractivity contribution in [1.82, 2.24) is 9.97 Å². The molecule has 2 heterocycles. The van der Waals surface area contributed by atoms with E-state index in [1.54, 1.807) is 11.3 Å². The second kappa shape index (κ2) is 6.68. The molecule has 5 nitrogen and oxygen atoms in total. The fourth-order valence-electron chi connectivity index (χ4n) is 1.80. The van der Waals surface area contributed by atoms with Crippen LogP contribution in [0.2, 0.25) is 0 Å². The van der Waals surface area contributed by atoms with Crippen LogP contribution in [0, 0.1) is 6.92 Å². The summed E-state index contributed by atoms with van der Waals surface area (Å²) in [6.45, 7) is 9.10. The maximum atomic E-state index is 5.33. The molecule has 6 heteroatoms. The number of aryl methyl sites for hydroxylation is 1. The van der Waals surface area contributed by atoms with Gasteiger partial charge in [0.15, 0.2) is 0 Å². The second-order valence-electron chi connectivity index (χ2n) is 4.13. The molecule has 0 unspecified atom stereocenters. The summed E-state index contributed by atoms with van der Waals surface area (Å²) < 4.78 is 5.33. The number of thiophene rings is 1. The third kappa shape index (κ3) is 3.54. The molecule has 19 heavy (non-hydrogen) atoms. The molecule has 2 aromatic rings. The second-order valence-corrected chi connectivity index (χ2v) is 5.36. The molecule has 0 aliphatic carbocycles. The van der Waals surface area contributed by atoms with E-state index in [-0.39, 0.29) is 0 Å². The normalized spacial score (nSPS) is 10.9. The molecule has 2 aromatic heterocycles. The fourth-order valence-corrected chi connectivity index (χ4v) is 2.68. The fraction of sp³-hybridized carbons (Fsp3) is 0.538. The number of nitrogens with zero attached hydrogens (tertiary/aromatic N) is 2. The van der Waals surface area contributed by atoms with Gasteiger partial charge >= 0.3 is 0 Å². The Hall–Kier alpha value is -1.40. The lowest BCUT2D eigenvalue weighted by atomic mass is 10.3. The van der Waals surface area contributed by atoms with Gasteiger partial charge in [0, 0.05) is 24.6 Å². The molecular formula is C13H20N4OS. The number of ether oxygens (including phenoxy) is 1. The zero-order chi connectivity index (χ0) is 13.7. The summed E-state index contributed by atoms with van der Waals surface area (Å²) in [5, 5.41) is 7.57. The van der Waals surface area contributed by atoms with Crippen molar-refractivity contribution in [3.05, 3.63) is 10.9 Å². The average Bonchev–Trinajstić information content (AvgIpc) is 2.75. The van der Waals surface area contributed by atoms with E-state index in [0.717, 1.165) is 35.7 Å². The monoisotopic (exact) mass is 280 g/mol. The summed E-state index contributed by atoms with van der Waals surface area (Å²) >= 11 is 1.69. The van der Waals surface area contributed by atoms with Gasteiger partial charge in [0.25, 0.3) is 0 Å². The first kappa shape index (κ1) is 14.0. The van der Waals surface area contributed by atoms with Crippen LogP contribution in [0.3, 0.4) is 0 Å². The van der Waals surface area contributed by atoms with E-state index in [4.69, 9.17) is 4.74 Å². The number of hydrogen-bond acceptors (Lipinski definition) is 6. The third-order valence-corrected chi connectivity index (χ3v) is 3.54. The van der Waals surface area contributed by atoms with E-state index in [9.17, 15) is 0 Å². The average molecular weight is 280 g/mol. The van der Waals surface area contributed by atoms with Gasteiger partial charge in [-0.2, -0.15) is 4.98 Å². The Morgan fingerprint density at radius 3 is 2.84 bits per heavy atom. The molecule has 0 saturated heterocycles. The van der Waals surface area contributed by atoms with Gasteiger partial charge in [0.2, 0.25) is 5.95 Å². The van der Waals surface area contributed by atoms with Crippen LogP contribution >= 0.6 is 11.3 Å². The molecule has 0 saturated carbocycles. The standard InChI is InChI=1S/C13H20N4OS/c1-4-14-13-16-11(15-6-7-18-5-2)10-8-9(3)19-12(10)17-13/h8H,4-7H2,1-3H3,(H2,14,15,16,17). The lowest BCUT2D eigenvalue weighted by Crippen LogP contribution is -2.12. The quantitative estimate of drug-likeness (QED) is 0.764. The molecule has 0 aromatic carbocycles. The van der Waals surface area contributed by atoms with E-state index in [2.05, 4.69) is 33.6 Å². The van der Waals surface area contributed by atoms with Crippen molar-refractivity contribution < 1.29 is 4.74 Å². The van der Waals surface area contributed by atoms with Crippen molar-refractivity contribution in [3.8, 4) is 0 Å². The summed E-state index contributed by atoms with van der Waals surface area (Å²) in [5.41, 5.74) is 0. The lowest BCUT2D eigenvalue weighted by Gasteiger charge is -2.09. The summed E-state index contributed by atoms with van der Waals surface area (Å²) in [7, 11) is 0. The summed E-state index contributed by atoms with van der Waals surface area (Å²) in [5.74, 6) is 1.56. The van der Waals surface area contributed by atoms with Crippen molar-refractivity contribution in [2.24, 2.45) is 0 Å². The van der Waals surface area contributed by atoms with Crippen LogP contribution in [0.1, 0.15) is 18.7 Å². The molecular weight excluding hydrogens is 260 g/mol. The topological polar surface area (TPSA) is 59.1 Å². The van der Waals surface area contributed by atoms with Gasteiger partial charge in [0.05, 0.1) is 12.0 Å². The van der Waals surface area contributed by atoms with Crippen molar-refractivity contribution in [1.29, 1.82) is 0 Å². The van der Waals surface area contributed by atoms with E-state index in [1.165, 1.54) is 4.88 Å². The Morgan fingerprint density at radius 2 is 2.11 bits per heavy atom. The minimum absolute atomic E-state index is 0.677. The van der Waals surface area contributed by atoms with Crippen molar-refractivity contribution in [2.45, 2.75) is 20.8 Å². The molecule has 0 amide bonds. The highest BCUT2D eigenvalue weighted by Crippen LogP contribution is 2.29. The first-order valence-electron chi connectivity index (χ1n) is 6.58. The summed E-state index contributed by atoms with van der Waals surface area (Å²) in [4.78, 5) is 11.3. The Labute approximate surface area is 117 Å². The largest absolute Gasteiger partial charge is 0.380 e. The van der Waals surface area contributed by atoms with Gasteiger partial charge in [-0.1, -0.05) is 0 Å². The number of nitrogens with one attached hydrogen (secondary N) is 2. The van der Waals surface area contributed by atoms with Gasteiger partial charge in [0.1, 0.15) is 10.6 Å². The molecule has 0 atom stereocenters. The van der Waals surface area contributed by atoms with Crippen LogP contribution in [0.25, 0.3) is 10.2 Å². The molecule has 2 N–H and O–H groups in total. The zero-order valence-electron chi connectivity index (χ0n) is 11.6. The van der Waals surface area contributed by atoms with Gasteiger partial charge in [-0.05, 0) is 26.8 Å². The van der Waals surface area contributed by atoms with E-state index < -0.39 is 0 Å². The molecule has 0 fully saturated rings. The Balaban J connectivity index is 2.22. The van der Waals surface area contributed by atoms with Gasteiger partial charge in [-0.15, -0.1) is 11.3 Å². The molecule has 104 valence electrons. The van der Waals surface area contributed by atoms with Gasteiger partial charge in [-0.3, -0.25) is 0 Å². The van der Waals surface area contributed by atoms with E-state index in [1.807, 2.05) is 13.8 Å². The number of hydrogen-bond donors (Lipinski definition) is 2. The van der Waals surface area contributed by atoms with Gasteiger partial charge < -0.3 is 15.4 Å². The highest BCUT2D eigenvalue weighted by Gasteiger charge is 2.09. The molecule has 2 rings (SSSR count). The van der Waals surface area contributed by atoms with Gasteiger partial charge in [-0.25, -0.2) is 4.98 Å². The molecule has 0 radical (unpaired) electrons. The van der Waals surface area contributed by atoms with Crippen LogP contribution in [0.15, 0.2) is 6.07 Å². The highest BCUT2D eigenvalue weighted by atomic mass is 32.1. The number of aromatic nitrogens is 2. The van der Waals surface area contributed by atoms with Crippen molar-refractivity contribution in [2.75, 3.05) is 36.9 Å². The van der Waals surface area contributed by atoms with Crippen LogP contribution in [0.4, 0.5) is 11.8 Å². The van der Waals surface area contributed by atoms with E-state index in [0.29, 0.717) is 12.6 Å². The predicted molar refractivity (Wildman–Crippen MR) is 81.3 cm³/mol. The first-order chi connectivity index (χ1) is 9.24. The maximum Gasteiger partial charge on any atom is 0.226 e. The number of rotatable bonds is 7. The van der Waals surface area contributed by atoms with Crippen molar-refractivity contribution in [3.63, 3.8) is 0 Å². The molecule has 0 spiro atoms.